The SMILES string of the molecule is C=C1C(C[C@@H]2O[C@H](C[C@@H](COP)P=O)[C@H](C)[C@H]2Cc2ccccc2)OC(CC[C@@H]2O[C@@H](CC[C@@]34C[C@H]5O[C@H]6C(O3)[C@H]3O[C@@H](CC)CC[C@@H]3O[C@H]6C5O4)CC2=C)C[C@H]1C. The average Bonchev–Trinajstić information content (AvgIpc) is 3.90. The van der Waals surface area contributed by atoms with E-state index in [1.165, 1.54) is 11.1 Å². The summed E-state index contributed by atoms with van der Waals surface area (Å²) in [7, 11) is 2.38. The molecule has 10 nitrogen and oxygen atoms in total. The highest BCUT2D eigenvalue weighted by atomic mass is 31.1. The Morgan fingerprint density at radius 3 is 2.41 bits per heavy atom. The van der Waals surface area contributed by atoms with Gasteiger partial charge < -0.3 is 42.4 Å². The van der Waals surface area contributed by atoms with Crippen LogP contribution < -0.4 is 0 Å². The third-order valence-electron chi connectivity index (χ3n) is 15.2. The molecule has 0 saturated carbocycles. The van der Waals surface area contributed by atoms with Gasteiger partial charge in [-0.05, 0) is 98.7 Å². The minimum Gasteiger partial charge on any atom is -0.374 e. The van der Waals surface area contributed by atoms with Crippen LogP contribution in [0.1, 0.15) is 103 Å². The van der Waals surface area contributed by atoms with Gasteiger partial charge in [0, 0.05) is 28.7 Å². The molecule has 1 aromatic rings. The molecule has 5 unspecified atom stereocenters. The van der Waals surface area contributed by atoms with Crippen LogP contribution in [0.3, 0.4) is 0 Å². The molecule has 0 aliphatic carbocycles. The van der Waals surface area contributed by atoms with Gasteiger partial charge in [-0.2, -0.15) is 0 Å². The average molecular weight is 841 g/mol. The van der Waals surface area contributed by atoms with E-state index in [1.54, 1.807) is 0 Å². The summed E-state index contributed by atoms with van der Waals surface area (Å²) in [6.07, 6.45) is 11.2. The van der Waals surface area contributed by atoms with E-state index in [4.69, 9.17) is 42.4 Å². The predicted octanol–water partition coefficient (Wildman–Crippen LogP) is 8.50. The Balaban J connectivity index is 0.796. The van der Waals surface area contributed by atoms with Crippen molar-refractivity contribution in [1.29, 1.82) is 0 Å². The molecule has 9 fully saturated rings. The van der Waals surface area contributed by atoms with Crippen LogP contribution in [0.25, 0.3) is 0 Å². The Hall–Kier alpha value is -1.13. The molecule has 0 N–H and O–H groups in total. The fraction of sp³-hybridized carbons (Fsp3) is 0.783. The van der Waals surface area contributed by atoms with Gasteiger partial charge in [0.2, 0.25) is 0 Å². The standard InChI is InChI=1S/C46H66O10P2/c1-6-30-12-15-36-41(51-30)45-44-43(53-36)42-40(54-44)23-46(55-42,56-45)17-16-32-19-26(3)35(49-32)14-13-31-18-25(2)27(4)38(50-31)22-39-34(20-29-10-8-7-9-11-29)28(5)37(52-39)21-33(58-47)24-48-57/h7-11,25,28,30-45H,3-4,6,12-24,57H2,1-2,5H3/t25-,28-,30+,31?,32+,33+,34-,35+,36+,37-,38?,39+,40-,41+,42?,43+,44-,45?,46+/m1/s1. The van der Waals surface area contributed by atoms with Gasteiger partial charge in [-0.3, -0.25) is 4.57 Å². The number of hydrogen-bond donors (Lipinski definition) is 0. The first-order chi connectivity index (χ1) is 28.1. The highest BCUT2D eigenvalue weighted by Gasteiger charge is 2.68. The molecule has 9 saturated heterocycles. The van der Waals surface area contributed by atoms with E-state index in [2.05, 4.69) is 73.7 Å². The third-order valence-corrected chi connectivity index (χ3v) is 16.0. The van der Waals surface area contributed by atoms with Gasteiger partial charge in [-0.1, -0.05) is 64.3 Å². The third kappa shape index (κ3) is 8.50. The van der Waals surface area contributed by atoms with Gasteiger partial charge in [0.05, 0.1) is 67.2 Å². The highest BCUT2D eigenvalue weighted by Crippen LogP contribution is 2.54. The lowest BCUT2D eigenvalue weighted by molar-refractivity contribution is -0.292. The molecule has 9 aliphatic heterocycles. The smallest absolute Gasteiger partial charge is 0.172 e. The van der Waals surface area contributed by atoms with Crippen LogP contribution in [0.15, 0.2) is 54.6 Å². The second-order valence-corrected chi connectivity index (χ2v) is 20.2. The van der Waals surface area contributed by atoms with E-state index in [0.29, 0.717) is 30.8 Å². The van der Waals surface area contributed by atoms with Gasteiger partial charge >= 0.3 is 0 Å². The van der Waals surface area contributed by atoms with Gasteiger partial charge in [0.25, 0.3) is 0 Å². The second kappa shape index (κ2) is 17.9. The molecule has 9 heterocycles. The molecular formula is C46H66O10P2. The van der Waals surface area contributed by atoms with E-state index in [1.807, 2.05) is 0 Å². The Bertz CT molecular complexity index is 1620. The van der Waals surface area contributed by atoms with Crippen molar-refractivity contribution < 1.29 is 47.0 Å². The molecule has 0 radical (unpaired) electrons. The summed E-state index contributed by atoms with van der Waals surface area (Å²) in [5.74, 6) is 0.272. The molecule has 0 aromatic heterocycles. The maximum Gasteiger partial charge on any atom is 0.172 e. The number of ether oxygens (including phenoxy) is 8. The zero-order chi connectivity index (χ0) is 40.1. The molecule has 12 heteroatoms. The zero-order valence-electron chi connectivity index (χ0n) is 34.7. The molecule has 6 bridgehead atoms. The summed E-state index contributed by atoms with van der Waals surface area (Å²) in [6.45, 7) is 16.2. The van der Waals surface area contributed by atoms with Crippen molar-refractivity contribution in [2.75, 3.05) is 6.61 Å². The summed E-state index contributed by atoms with van der Waals surface area (Å²) in [5.41, 5.74) is 3.54. The summed E-state index contributed by atoms with van der Waals surface area (Å²) in [4.78, 5) is 0. The second-order valence-electron chi connectivity index (χ2n) is 18.9. The first kappa shape index (κ1) is 42.2. The van der Waals surface area contributed by atoms with Crippen molar-refractivity contribution >= 4 is 17.9 Å². The summed E-state index contributed by atoms with van der Waals surface area (Å²) < 4.78 is 71.4. The van der Waals surface area contributed by atoms with Gasteiger partial charge in [-0.15, -0.1) is 0 Å². The molecule has 1 aromatic carbocycles. The van der Waals surface area contributed by atoms with Crippen molar-refractivity contribution in [3.63, 3.8) is 0 Å². The van der Waals surface area contributed by atoms with Crippen LogP contribution in [0.2, 0.25) is 0 Å². The molecule has 10 rings (SSSR count). The normalized spacial score (nSPS) is 46.2. The van der Waals surface area contributed by atoms with Gasteiger partial charge in [0.1, 0.15) is 30.5 Å². The van der Waals surface area contributed by atoms with Crippen LogP contribution in [-0.4, -0.2) is 104 Å². The first-order valence-corrected chi connectivity index (χ1v) is 23.8. The Morgan fingerprint density at radius 1 is 0.845 bits per heavy atom. The fourth-order valence-electron chi connectivity index (χ4n) is 11.9. The number of fused-ring (bicyclic) bond motifs is 1. The van der Waals surface area contributed by atoms with E-state index >= 15 is 0 Å². The van der Waals surface area contributed by atoms with Crippen molar-refractivity contribution in [3.8, 4) is 0 Å². The molecule has 9 aliphatic rings. The van der Waals surface area contributed by atoms with Crippen LogP contribution >= 0.6 is 17.9 Å². The van der Waals surface area contributed by atoms with Crippen LogP contribution in [0.4, 0.5) is 0 Å². The van der Waals surface area contributed by atoms with Crippen LogP contribution in [0.5, 0.6) is 0 Å². The van der Waals surface area contributed by atoms with Crippen molar-refractivity contribution in [2.45, 2.75) is 201 Å². The van der Waals surface area contributed by atoms with Crippen molar-refractivity contribution in [1.82, 2.24) is 0 Å². The maximum absolute atomic E-state index is 12.0. The lowest BCUT2D eigenvalue weighted by Crippen LogP contribution is -2.61. The Morgan fingerprint density at radius 2 is 1.62 bits per heavy atom. The minimum absolute atomic E-state index is 0.00274. The monoisotopic (exact) mass is 840 g/mol. The molecule has 0 amide bonds. The van der Waals surface area contributed by atoms with E-state index < -0.39 is 5.79 Å². The summed E-state index contributed by atoms with van der Waals surface area (Å²) in [6, 6.07) is 10.7. The quantitative estimate of drug-likeness (QED) is 0.119. The van der Waals surface area contributed by atoms with E-state index in [0.717, 1.165) is 82.6 Å². The van der Waals surface area contributed by atoms with Crippen LogP contribution in [0, 0.1) is 17.8 Å². The van der Waals surface area contributed by atoms with Gasteiger partial charge in [-0.25, -0.2) is 0 Å². The molecule has 20 atom stereocenters. The molecule has 320 valence electrons. The topological polar surface area (TPSA) is 100 Å². The summed E-state index contributed by atoms with van der Waals surface area (Å²) >= 11 is 0. The van der Waals surface area contributed by atoms with Crippen molar-refractivity contribution in [3.05, 3.63) is 60.2 Å². The van der Waals surface area contributed by atoms with Gasteiger partial charge in [0.15, 0.2) is 14.2 Å². The van der Waals surface area contributed by atoms with E-state index in [9.17, 15) is 4.57 Å². The predicted molar refractivity (Wildman–Crippen MR) is 223 cm³/mol. The van der Waals surface area contributed by atoms with Crippen LogP contribution in [-0.2, 0) is 53.4 Å². The minimum atomic E-state index is -0.696. The Kier molecular flexibility index (Phi) is 13.0. The van der Waals surface area contributed by atoms with E-state index in [-0.39, 0.29) is 99.6 Å². The summed E-state index contributed by atoms with van der Waals surface area (Å²) in [5, 5.41) is 0. The number of benzene rings is 1. The van der Waals surface area contributed by atoms with Crippen molar-refractivity contribution in [2.24, 2.45) is 17.8 Å². The number of hydrogen-bond acceptors (Lipinski definition) is 10. The molecule has 58 heavy (non-hydrogen) atoms. The largest absolute Gasteiger partial charge is 0.374 e. The number of rotatable bonds is 16. The Labute approximate surface area is 349 Å². The maximum atomic E-state index is 12.0. The molecular weight excluding hydrogens is 774 g/mol. The highest BCUT2D eigenvalue weighted by molar-refractivity contribution is 7.24. The lowest BCUT2D eigenvalue weighted by atomic mass is 9.79. The molecule has 0 spiro atoms. The zero-order valence-corrected chi connectivity index (χ0v) is 36.7. The lowest BCUT2D eigenvalue weighted by Gasteiger charge is -2.47. The fourth-order valence-corrected chi connectivity index (χ4v) is 12.7. The first-order valence-electron chi connectivity index (χ1n) is 22.5.